The van der Waals surface area contributed by atoms with Crippen molar-refractivity contribution in [2.24, 2.45) is 0 Å². The fourth-order valence-corrected chi connectivity index (χ4v) is 1.31. The van der Waals surface area contributed by atoms with Crippen LogP contribution in [0.3, 0.4) is 0 Å². The van der Waals surface area contributed by atoms with Gasteiger partial charge in [-0.25, -0.2) is 8.78 Å². The first-order valence-corrected chi connectivity index (χ1v) is 4.02. The average molecular weight is 169 g/mol. The zero-order valence-corrected chi connectivity index (χ0v) is 6.50. The Morgan fingerprint density at radius 3 is 2.75 bits per heavy atom. The second kappa shape index (κ2) is 2.81. The molecular formula is C9H9F2N. The van der Waals surface area contributed by atoms with Gasteiger partial charge in [0.05, 0.1) is 5.69 Å². The van der Waals surface area contributed by atoms with Crippen LogP contribution >= 0.6 is 0 Å². The topological polar surface area (TPSA) is 12.9 Å². The van der Waals surface area contributed by atoms with Crippen LogP contribution in [0.5, 0.6) is 0 Å². The summed E-state index contributed by atoms with van der Waals surface area (Å²) in [5.41, 5.74) is 0.715. The lowest BCUT2D eigenvalue weighted by Crippen LogP contribution is -1.95. The summed E-state index contributed by atoms with van der Waals surface area (Å²) in [6.45, 7) is 0. The minimum atomic E-state index is -2.38. The first-order chi connectivity index (χ1) is 5.79. The van der Waals surface area contributed by atoms with E-state index in [-0.39, 0.29) is 5.56 Å². The van der Waals surface area contributed by atoms with E-state index in [9.17, 15) is 8.78 Å². The Labute approximate surface area is 69.4 Å². The normalized spacial score (nSPS) is 16.9. The maximum absolute atomic E-state index is 12.4. The molecule has 12 heavy (non-hydrogen) atoms. The zero-order chi connectivity index (χ0) is 8.55. The first kappa shape index (κ1) is 7.65. The summed E-state index contributed by atoms with van der Waals surface area (Å²) >= 11 is 0. The number of nitrogens with zero attached hydrogens (tertiary/aromatic N) is 1. The predicted octanol–water partition coefficient (Wildman–Crippen LogP) is 2.90. The molecule has 1 nitrogen and oxygen atoms in total. The molecule has 0 spiro atoms. The lowest BCUT2D eigenvalue weighted by Gasteiger charge is -2.04. The number of pyridine rings is 1. The van der Waals surface area contributed by atoms with E-state index in [2.05, 4.69) is 4.98 Å². The van der Waals surface area contributed by atoms with Gasteiger partial charge in [0, 0.05) is 17.7 Å². The lowest BCUT2D eigenvalue weighted by atomic mass is 10.1. The molecule has 0 bridgehead atoms. The predicted molar refractivity (Wildman–Crippen MR) is 41.2 cm³/mol. The number of aromatic nitrogens is 1. The summed E-state index contributed by atoms with van der Waals surface area (Å²) in [7, 11) is 0. The van der Waals surface area contributed by atoms with Crippen LogP contribution in [0.1, 0.15) is 36.4 Å². The van der Waals surface area contributed by atoms with Gasteiger partial charge in [0.1, 0.15) is 0 Å². The third-order valence-electron chi connectivity index (χ3n) is 2.07. The molecule has 1 aromatic heterocycles. The molecule has 0 aromatic carbocycles. The molecule has 1 heterocycles. The van der Waals surface area contributed by atoms with Gasteiger partial charge in [-0.1, -0.05) is 0 Å². The van der Waals surface area contributed by atoms with Gasteiger partial charge in [0.25, 0.3) is 6.43 Å². The summed E-state index contributed by atoms with van der Waals surface area (Å²) in [5, 5.41) is 0. The molecule has 1 aliphatic carbocycles. The maximum atomic E-state index is 12.4. The largest absolute Gasteiger partial charge is 0.265 e. The minimum Gasteiger partial charge on any atom is -0.261 e. The highest BCUT2D eigenvalue weighted by atomic mass is 19.3. The number of alkyl halides is 2. The Balaban J connectivity index is 2.36. The number of hydrogen-bond donors (Lipinski definition) is 0. The Bertz CT molecular complexity index is 261. The molecule has 64 valence electrons. The van der Waals surface area contributed by atoms with Crippen LogP contribution < -0.4 is 0 Å². The summed E-state index contributed by atoms with van der Waals surface area (Å²) in [4.78, 5) is 3.98. The van der Waals surface area contributed by atoms with E-state index in [1.807, 2.05) is 0 Å². The van der Waals surface area contributed by atoms with Crippen LogP contribution in [0.15, 0.2) is 18.3 Å². The Morgan fingerprint density at radius 1 is 1.42 bits per heavy atom. The van der Waals surface area contributed by atoms with Gasteiger partial charge in [-0.15, -0.1) is 0 Å². The van der Waals surface area contributed by atoms with Crippen molar-refractivity contribution in [1.82, 2.24) is 4.98 Å². The van der Waals surface area contributed by atoms with Crippen LogP contribution in [0.2, 0.25) is 0 Å². The fraction of sp³-hybridized carbons (Fsp3) is 0.444. The molecule has 0 unspecified atom stereocenters. The van der Waals surface area contributed by atoms with Gasteiger partial charge >= 0.3 is 0 Å². The van der Waals surface area contributed by atoms with Gasteiger partial charge in [0.2, 0.25) is 0 Å². The van der Waals surface area contributed by atoms with Crippen molar-refractivity contribution in [3.8, 4) is 0 Å². The standard InChI is InChI=1S/C9H9F2N/c10-9(11)7-2-1-5-12-8(7)6-3-4-6/h1-2,5-6,9H,3-4H2. The van der Waals surface area contributed by atoms with Crippen LogP contribution in [-0.2, 0) is 0 Å². The molecule has 1 aromatic rings. The molecule has 0 N–H and O–H groups in total. The van der Waals surface area contributed by atoms with Crippen molar-refractivity contribution in [2.75, 3.05) is 0 Å². The van der Waals surface area contributed by atoms with E-state index in [4.69, 9.17) is 0 Å². The van der Waals surface area contributed by atoms with Crippen molar-refractivity contribution in [3.05, 3.63) is 29.6 Å². The van der Waals surface area contributed by atoms with Crippen molar-refractivity contribution in [2.45, 2.75) is 25.2 Å². The van der Waals surface area contributed by atoms with Crippen LogP contribution in [0.4, 0.5) is 8.78 Å². The molecular weight excluding hydrogens is 160 g/mol. The highest BCUT2D eigenvalue weighted by molar-refractivity contribution is 5.27. The van der Waals surface area contributed by atoms with Crippen molar-refractivity contribution < 1.29 is 8.78 Å². The Morgan fingerprint density at radius 2 is 2.17 bits per heavy atom. The monoisotopic (exact) mass is 169 g/mol. The molecule has 0 aliphatic heterocycles. The van der Waals surface area contributed by atoms with E-state index in [0.29, 0.717) is 11.6 Å². The van der Waals surface area contributed by atoms with Gasteiger partial charge in [-0.05, 0) is 25.0 Å². The summed E-state index contributed by atoms with van der Waals surface area (Å²) in [6.07, 6.45) is 1.22. The van der Waals surface area contributed by atoms with E-state index < -0.39 is 6.43 Å². The summed E-state index contributed by atoms with van der Waals surface area (Å²) < 4.78 is 24.8. The van der Waals surface area contributed by atoms with Crippen molar-refractivity contribution in [3.63, 3.8) is 0 Å². The van der Waals surface area contributed by atoms with E-state index in [0.717, 1.165) is 12.8 Å². The number of hydrogen-bond acceptors (Lipinski definition) is 1. The first-order valence-electron chi connectivity index (χ1n) is 4.02. The summed E-state index contributed by atoms with van der Waals surface area (Å²) in [6, 6.07) is 3.03. The van der Waals surface area contributed by atoms with Gasteiger partial charge in [0.15, 0.2) is 0 Å². The SMILES string of the molecule is FC(F)c1cccnc1C1CC1. The van der Waals surface area contributed by atoms with E-state index in [1.165, 1.54) is 6.07 Å². The van der Waals surface area contributed by atoms with Gasteiger partial charge in [-0.3, -0.25) is 4.98 Å². The van der Waals surface area contributed by atoms with Crippen LogP contribution in [0, 0.1) is 0 Å². The Kier molecular flexibility index (Phi) is 1.79. The quantitative estimate of drug-likeness (QED) is 0.663. The zero-order valence-electron chi connectivity index (χ0n) is 6.50. The van der Waals surface area contributed by atoms with Crippen molar-refractivity contribution >= 4 is 0 Å². The third kappa shape index (κ3) is 1.31. The van der Waals surface area contributed by atoms with Gasteiger partial charge < -0.3 is 0 Å². The fourth-order valence-electron chi connectivity index (χ4n) is 1.31. The van der Waals surface area contributed by atoms with E-state index >= 15 is 0 Å². The second-order valence-electron chi connectivity index (χ2n) is 3.05. The van der Waals surface area contributed by atoms with Crippen LogP contribution in [0.25, 0.3) is 0 Å². The molecule has 1 saturated carbocycles. The van der Waals surface area contributed by atoms with Crippen molar-refractivity contribution in [1.29, 1.82) is 0 Å². The number of rotatable bonds is 2. The highest BCUT2D eigenvalue weighted by Crippen LogP contribution is 2.42. The van der Waals surface area contributed by atoms with Gasteiger partial charge in [-0.2, -0.15) is 0 Å². The molecule has 0 radical (unpaired) electrons. The second-order valence-corrected chi connectivity index (χ2v) is 3.05. The Hall–Kier alpha value is -0.990. The summed E-state index contributed by atoms with van der Waals surface area (Å²) in [5.74, 6) is 0.301. The third-order valence-corrected chi connectivity index (χ3v) is 2.07. The average Bonchev–Trinajstić information content (AvgIpc) is 2.87. The molecule has 0 atom stereocenters. The smallest absolute Gasteiger partial charge is 0.261 e. The molecule has 1 fully saturated rings. The molecule has 1 aliphatic rings. The maximum Gasteiger partial charge on any atom is 0.265 e. The molecule has 0 amide bonds. The molecule has 2 rings (SSSR count). The lowest BCUT2D eigenvalue weighted by molar-refractivity contribution is 0.149. The highest BCUT2D eigenvalue weighted by Gasteiger charge is 2.29. The minimum absolute atomic E-state index is 0.111. The van der Waals surface area contributed by atoms with E-state index in [1.54, 1.807) is 12.3 Å². The number of halogens is 2. The van der Waals surface area contributed by atoms with Crippen LogP contribution in [-0.4, -0.2) is 4.98 Å². The molecule has 0 saturated heterocycles. The molecule has 3 heteroatoms.